The van der Waals surface area contributed by atoms with Crippen molar-refractivity contribution in [2.24, 2.45) is 5.73 Å². The number of rotatable bonds is 5. The van der Waals surface area contributed by atoms with Crippen LogP contribution in [0.2, 0.25) is 0 Å². The van der Waals surface area contributed by atoms with E-state index in [-0.39, 0.29) is 12.3 Å². The average Bonchev–Trinajstić information content (AvgIpc) is 2.59. The molecule has 0 spiro atoms. The van der Waals surface area contributed by atoms with Gasteiger partial charge in [0.25, 0.3) is 0 Å². The molecule has 3 nitrogen and oxygen atoms in total. The van der Waals surface area contributed by atoms with Crippen molar-refractivity contribution in [2.45, 2.75) is 18.8 Å². The van der Waals surface area contributed by atoms with E-state index in [0.29, 0.717) is 0 Å². The first-order valence-corrected chi connectivity index (χ1v) is 5.04. The Morgan fingerprint density at radius 1 is 1.46 bits per heavy atom. The fourth-order valence-electron chi connectivity index (χ4n) is 1.22. The van der Waals surface area contributed by atoms with Gasteiger partial charge in [0.05, 0.1) is 6.04 Å². The third-order valence-electron chi connectivity index (χ3n) is 1.87. The van der Waals surface area contributed by atoms with Crippen LogP contribution < -0.4 is 5.73 Å². The summed E-state index contributed by atoms with van der Waals surface area (Å²) in [6.45, 7) is 0. The fraction of sp³-hybridized carbons (Fsp3) is 0.556. The highest BCUT2D eigenvalue weighted by molar-refractivity contribution is 7.07. The molecule has 1 unspecified atom stereocenters. The highest BCUT2D eigenvalue weighted by Gasteiger charge is 2.16. The topological polar surface area (TPSA) is 44.5 Å². The molecule has 0 bridgehead atoms. The van der Waals surface area contributed by atoms with Gasteiger partial charge < -0.3 is 15.2 Å². The number of nitrogens with two attached hydrogens (primary N) is 1. The maximum Gasteiger partial charge on any atom is 0.172 e. The molecular weight excluding hydrogens is 186 g/mol. The van der Waals surface area contributed by atoms with Crippen LogP contribution in [0.4, 0.5) is 0 Å². The zero-order valence-corrected chi connectivity index (χ0v) is 8.71. The van der Waals surface area contributed by atoms with E-state index in [0.717, 1.165) is 6.42 Å². The van der Waals surface area contributed by atoms with Crippen LogP contribution >= 0.6 is 11.3 Å². The Morgan fingerprint density at radius 2 is 2.15 bits per heavy atom. The molecule has 1 aromatic heterocycles. The van der Waals surface area contributed by atoms with Gasteiger partial charge in [-0.3, -0.25) is 0 Å². The minimum atomic E-state index is -0.320. The Balaban J connectivity index is 2.44. The van der Waals surface area contributed by atoms with Crippen molar-refractivity contribution in [3.8, 4) is 0 Å². The third kappa shape index (κ3) is 3.08. The number of thiophene rings is 1. The van der Waals surface area contributed by atoms with Crippen LogP contribution in [0.5, 0.6) is 0 Å². The first-order chi connectivity index (χ1) is 6.27. The van der Waals surface area contributed by atoms with Gasteiger partial charge in [-0.25, -0.2) is 0 Å². The first-order valence-electron chi connectivity index (χ1n) is 4.10. The Labute approximate surface area is 82.5 Å². The molecule has 0 saturated carbocycles. The normalized spacial score (nSPS) is 13.5. The molecule has 0 aliphatic carbocycles. The zero-order valence-electron chi connectivity index (χ0n) is 7.90. The van der Waals surface area contributed by atoms with E-state index in [9.17, 15) is 0 Å². The molecule has 0 aliphatic heterocycles. The second kappa shape index (κ2) is 5.34. The SMILES string of the molecule is COC(OC)C(N)Cc1ccsc1. The highest BCUT2D eigenvalue weighted by Crippen LogP contribution is 2.10. The predicted octanol–water partition coefficient (Wildman–Crippen LogP) is 1.24. The molecule has 13 heavy (non-hydrogen) atoms. The third-order valence-corrected chi connectivity index (χ3v) is 2.60. The quantitative estimate of drug-likeness (QED) is 0.729. The summed E-state index contributed by atoms with van der Waals surface area (Å²) in [5, 5.41) is 4.12. The first kappa shape index (κ1) is 10.7. The molecule has 0 aliphatic rings. The second-order valence-electron chi connectivity index (χ2n) is 2.84. The maximum atomic E-state index is 5.88. The van der Waals surface area contributed by atoms with Gasteiger partial charge in [-0.2, -0.15) is 11.3 Å². The van der Waals surface area contributed by atoms with E-state index < -0.39 is 0 Å². The minimum Gasteiger partial charge on any atom is -0.354 e. The van der Waals surface area contributed by atoms with Crippen molar-refractivity contribution in [3.63, 3.8) is 0 Å². The highest BCUT2D eigenvalue weighted by atomic mass is 32.1. The molecule has 1 heterocycles. The molecule has 2 N–H and O–H groups in total. The summed E-state index contributed by atoms with van der Waals surface area (Å²) in [7, 11) is 3.20. The van der Waals surface area contributed by atoms with Crippen LogP contribution in [0.15, 0.2) is 16.8 Å². The fourth-order valence-corrected chi connectivity index (χ4v) is 1.90. The summed E-state index contributed by atoms with van der Waals surface area (Å²) in [5.41, 5.74) is 7.12. The predicted molar refractivity (Wildman–Crippen MR) is 53.8 cm³/mol. The molecule has 4 heteroatoms. The number of hydrogen-bond acceptors (Lipinski definition) is 4. The zero-order chi connectivity index (χ0) is 9.68. The molecule has 0 amide bonds. The van der Waals surface area contributed by atoms with Crippen LogP contribution in [0, 0.1) is 0 Å². The van der Waals surface area contributed by atoms with E-state index >= 15 is 0 Å². The molecule has 1 atom stereocenters. The Morgan fingerprint density at radius 3 is 2.62 bits per heavy atom. The lowest BCUT2D eigenvalue weighted by Gasteiger charge is -2.20. The van der Waals surface area contributed by atoms with Crippen LogP contribution in [0.3, 0.4) is 0 Å². The Kier molecular flexibility index (Phi) is 4.38. The summed E-state index contributed by atoms with van der Waals surface area (Å²) >= 11 is 1.67. The summed E-state index contributed by atoms with van der Waals surface area (Å²) in [6.07, 6.45) is 0.468. The van der Waals surface area contributed by atoms with Gasteiger partial charge >= 0.3 is 0 Å². The number of hydrogen-bond donors (Lipinski definition) is 1. The molecular formula is C9H15NO2S. The largest absolute Gasteiger partial charge is 0.354 e. The molecule has 1 aromatic rings. The lowest BCUT2D eigenvalue weighted by Crippen LogP contribution is -2.39. The van der Waals surface area contributed by atoms with Crippen molar-refractivity contribution >= 4 is 11.3 Å². The van der Waals surface area contributed by atoms with Gasteiger partial charge in [0, 0.05) is 14.2 Å². The number of methoxy groups -OCH3 is 2. The summed E-state index contributed by atoms with van der Waals surface area (Å²) in [4.78, 5) is 0. The van der Waals surface area contributed by atoms with Crippen molar-refractivity contribution in [2.75, 3.05) is 14.2 Å². The van der Waals surface area contributed by atoms with E-state index in [2.05, 4.69) is 11.4 Å². The van der Waals surface area contributed by atoms with E-state index in [1.165, 1.54) is 5.56 Å². The number of ether oxygens (including phenoxy) is 2. The van der Waals surface area contributed by atoms with Gasteiger partial charge in [-0.05, 0) is 28.8 Å². The van der Waals surface area contributed by atoms with Gasteiger partial charge in [-0.15, -0.1) is 0 Å². The molecule has 0 fully saturated rings. The standard InChI is InChI=1S/C9H15NO2S/c1-11-9(12-2)8(10)5-7-3-4-13-6-7/h3-4,6,8-9H,5,10H2,1-2H3. The van der Waals surface area contributed by atoms with E-state index in [4.69, 9.17) is 15.2 Å². The summed E-state index contributed by atoms with van der Waals surface area (Å²) in [6, 6.07) is 1.96. The lowest BCUT2D eigenvalue weighted by molar-refractivity contribution is -0.115. The van der Waals surface area contributed by atoms with Gasteiger partial charge in [0.2, 0.25) is 0 Å². The Hall–Kier alpha value is -0.420. The maximum absolute atomic E-state index is 5.88. The van der Waals surface area contributed by atoms with Crippen molar-refractivity contribution in [1.82, 2.24) is 0 Å². The molecule has 74 valence electrons. The summed E-state index contributed by atoms with van der Waals surface area (Å²) in [5.74, 6) is 0. The van der Waals surface area contributed by atoms with Crippen LogP contribution in [-0.2, 0) is 15.9 Å². The Bertz CT molecular complexity index is 222. The van der Waals surface area contributed by atoms with Gasteiger partial charge in [0.1, 0.15) is 0 Å². The van der Waals surface area contributed by atoms with Crippen molar-refractivity contribution in [3.05, 3.63) is 22.4 Å². The molecule has 0 radical (unpaired) electrons. The van der Waals surface area contributed by atoms with Gasteiger partial charge in [-0.1, -0.05) is 0 Å². The van der Waals surface area contributed by atoms with Crippen LogP contribution in [-0.4, -0.2) is 26.6 Å². The van der Waals surface area contributed by atoms with E-state index in [1.54, 1.807) is 25.6 Å². The monoisotopic (exact) mass is 201 g/mol. The smallest absolute Gasteiger partial charge is 0.172 e. The van der Waals surface area contributed by atoms with Crippen molar-refractivity contribution in [1.29, 1.82) is 0 Å². The van der Waals surface area contributed by atoms with Crippen molar-refractivity contribution < 1.29 is 9.47 Å². The second-order valence-corrected chi connectivity index (χ2v) is 3.62. The van der Waals surface area contributed by atoms with Crippen LogP contribution in [0.1, 0.15) is 5.56 Å². The van der Waals surface area contributed by atoms with Gasteiger partial charge in [0.15, 0.2) is 6.29 Å². The molecule has 1 rings (SSSR count). The minimum absolute atomic E-state index is 0.107. The summed E-state index contributed by atoms with van der Waals surface area (Å²) < 4.78 is 10.1. The lowest BCUT2D eigenvalue weighted by atomic mass is 10.1. The molecule has 0 aromatic carbocycles. The molecule has 0 saturated heterocycles. The van der Waals surface area contributed by atoms with Crippen LogP contribution in [0.25, 0.3) is 0 Å². The average molecular weight is 201 g/mol. The van der Waals surface area contributed by atoms with E-state index in [1.807, 2.05) is 5.38 Å².